The molecule has 1 saturated carbocycles. The van der Waals surface area contributed by atoms with Gasteiger partial charge in [-0.1, -0.05) is 0 Å². The fraction of sp³-hybridized carbons (Fsp3) is 0.867. The lowest BCUT2D eigenvalue weighted by Gasteiger charge is -2.49. The average molecular weight is 297 g/mol. The van der Waals surface area contributed by atoms with Crippen molar-refractivity contribution in [1.29, 1.82) is 0 Å². The zero-order chi connectivity index (χ0) is 15.6. The van der Waals surface area contributed by atoms with Crippen LogP contribution in [0, 0.1) is 5.92 Å². The van der Waals surface area contributed by atoms with Crippen LogP contribution in [0.2, 0.25) is 0 Å². The molecule has 1 aliphatic heterocycles. The van der Waals surface area contributed by atoms with Gasteiger partial charge < -0.3 is 19.8 Å². The summed E-state index contributed by atoms with van der Waals surface area (Å²) < 4.78 is 0. The third-order valence-electron chi connectivity index (χ3n) is 5.11. The van der Waals surface area contributed by atoms with Gasteiger partial charge in [0.05, 0.1) is 0 Å². The van der Waals surface area contributed by atoms with E-state index in [4.69, 9.17) is 5.11 Å². The summed E-state index contributed by atoms with van der Waals surface area (Å²) in [5.74, 6) is -0.671. The summed E-state index contributed by atoms with van der Waals surface area (Å²) in [5, 5.41) is 8.84. The number of likely N-dealkylation sites (N-methyl/N-ethyl adjacent to an activating group) is 2. The summed E-state index contributed by atoms with van der Waals surface area (Å²) in [5.41, 5.74) is 0.130. The van der Waals surface area contributed by atoms with E-state index < -0.39 is 5.97 Å². The Morgan fingerprint density at radius 1 is 1.29 bits per heavy atom. The summed E-state index contributed by atoms with van der Waals surface area (Å²) >= 11 is 0. The first-order chi connectivity index (χ1) is 9.84. The van der Waals surface area contributed by atoms with Gasteiger partial charge in [-0.05, 0) is 45.7 Å². The van der Waals surface area contributed by atoms with E-state index in [2.05, 4.69) is 19.0 Å². The maximum atomic E-state index is 12.5. The number of hydrogen-bond donors (Lipinski definition) is 1. The van der Waals surface area contributed by atoms with E-state index in [9.17, 15) is 9.59 Å². The summed E-state index contributed by atoms with van der Waals surface area (Å²) in [6, 6.07) is 0.0380. The molecule has 0 aromatic heterocycles. The van der Waals surface area contributed by atoms with E-state index >= 15 is 0 Å². The molecule has 0 aromatic carbocycles. The van der Waals surface area contributed by atoms with Gasteiger partial charge in [0.1, 0.15) is 0 Å². The molecule has 21 heavy (non-hydrogen) atoms. The molecule has 2 aliphatic rings. The Balaban J connectivity index is 1.87. The van der Waals surface area contributed by atoms with Crippen LogP contribution in [0.1, 0.15) is 32.1 Å². The molecular formula is C15H27N3O3. The Labute approximate surface area is 126 Å². The van der Waals surface area contributed by atoms with Crippen LogP contribution >= 0.6 is 0 Å². The summed E-state index contributed by atoms with van der Waals surface area (Å²) in [6.45, 7) is 2.00. The molecule has 1 aliphatic carbocycles. The van der Waals surface area contributed by atoms with Crippen molar-refractivity contribution in [3.63, 3.8) is 0 Å². The maximum Gasteiger partial charge on any atom is 0.319 e. The minimum Gasteiger partial charge on any atom is -0.481 e. The van der Waals surface area contributed by atoms with Gasteiger partial charge in [-0.25, -0.2) is 4.79 Å². The molecule has 2 amide bonds. The fourth-order valence-corrected chi connectivity index (χ4v) is 3.50. The molecule has 6 heteroatoms. The van der Waals surface area contributed by atoms with Crippen LogP contribution in [0.25, 0.3) is 0 Å². The summed E-state index contributed by atoms with van der Waals surface area (Å²) in [7, 11) is 6.02. The number of carbonyl (C=O) groups is 2. The van der Waals surface area contributed by atoms with Gasteiger partial charge >= 0.3 is 12.0 Å². The first-order valence-electron chi connectivity index (χ1n) is 7.73. The van der Waals surface area contributed by atoms with Crippen molar-refractivity contribution in [2.45, 2.75) is 37.6 Å². The molecule has 1 atom stereocenters. The topological polar surface area (TPSA) is 64.1 Å². The third kappa shape index (κ3) is 3.48. The van der Waals surface area contributed by atoms with Crippen LogP contribution < -0.4 is 0 Å². The standard InChI is InChI=1S/C15H27N3O3/c1-16(2)15(6-4-7-15)11-17(3)14(21)18-8-5-12(10-18)9-13(19)20/h12H,4-11H2,1-3H3,(H,19,20). The van der Waals surface area contributed by atoms with Crippen molar-refractivity contribution < 1.29 is 14.7 Å². The predicted octanol–water partition coefficient (Wildman–Crippen LogP) is 1.32. The SMILES string of the molecule is CN(CC1(N(C)C)CCC1)C(=O)N1CCC(CC(=O)O)C1. The molecule has 2 rings (SSSR count). The fourth-order valence-electron chi connectivity index (χ4n) is 3.50. The van der Waals surface area contributed by atoms with Gasteiger partial charge in [0.25, 0.3) is 0 Å². The minimum atomic E-state index is -0.774. The number of aliphatic carboxylic acids is 1. The quantitative estimate of drug-likeness (QED) is 0.831. The zero-order valence-electron chi connectivity index (χ0n) is 13.3. The Morgan fingerprint density at radius 3 is 2.43 bits per heavy atom. The van der Waals surface area contributed by atoms with Crippen LogP contribution in [0.5, 0.6) is 0 Å². The van der Waals surface area contributed by atoms with Gasteiger partial charge in [-0.2, -0.15) is 0 Å². The second kappa shape index (κ2) is 6.22. The Kier molecular flexibility index (Phi) is 4.76. The van der Waals surface area contributed by atoms with E-state index in [1.54, 1.807) is 4.90 Å². The van der Waals surface area contributed by atoms with Crippen molar-refractivity contribution in [1.82, 2.24) is 14.7 Å². The normalized spacial score (nSPS) is 24.0. The molecule has 1 saturated heterocycles. The van der Waals surface area contributed by atoms with E-state index in [1.807, 2.05) is 11.9 Å². The van der Waals surface area contributed by atoms with Crippen molar-refractivity contribution in [2.75, 3.05) is 40.8 Å². The molecule has 1 unspecified atom stereocenters. The minimum absolute atomic E-state index is 0.0380. The monoisotopic (exact) mass is 297 g/mol. The molecule has 0 radical (unpaired) electrons. The van der Waals surface area contributed by atoms with Crippen LogP contribution in [0.15, 0.2) is 0 Å². The number of carboxylic acid groups (broad SMARTS) is 1. The third-order valence-corrected chi connectivity index (χ3v) is 5.11. The van der Waals surface area contributed by atoms with Gasteiger partial charge in [0.15, 0.2) is 0 Å². The number of carbonyl (C=O) groups excluding carboxylic acids is 1. The molecule has 1 heterocycles. The van der Waals surface area contributed by atoms with E-state index in [1.165, 1.54) is 6.42 Å². The van der Waals surface area contributed by atoms with Crippen LogP contribution in [-0.4, -0.2) is 78.1 Å². The number of amides is 2. The summed E-state index contributed by atoms with van der Waals surface area (Å²) in [4.78, 5) is 29.1. The highest BCUT2D eigenvalue weighted by Crippen LogP contribution is 2.36. The van der Waals surface area contributed by atoms with E-state index in [0.29, 0.717) is 13.1 Å². The number of likely N-dealkylation sites (tertiary alicyclic amines) is 1. The molecule has 0 aromatic rings. The van der Waals surface area contributed by atoms with Gasteiger partial charge in [0.2, 0.25) is 0 Å². The second-order valence-corrected chi connectivity index (χ2v) is 6.81. The maximum absolute atomic E-state index is 12.5. The van der Waals surface area contributed by atoms with Gasteiger partial charge in [-0.3, -0.25) is 4.79 Å². The molecule has 1 N–H and O–H groups in total. The number of nitrogens with zero attached hydrogens (tertiary/aromatic N) is 3. The molecule has 0 bridgehead atoms. The van der Waals surface area contributed by atoms with Gasteiger partial charge in [0, 0.05) is 38.6 Å². The summed E-state index contributed by atoms with van der Waals surface area (Å²) in [6.07, 6.45) is 4.46. The Morgan fingerprint density at radius 2 is 1.95 bits per heavy atom. The molecule has 2 fully saturated rings. The van der Waals surface area contributed by atoms with Crippen LogP contribution in [0.3, 0.4) is 0 Å². The van der Waals surface area contributed by atoms with Gasteiger partial charge in [-0.15, -0.1) is 0 Å². The van der Waals surface area contributed by atoms with Crippen LogP contribution in [-0.2, 0) is 4.79 Å². The van der Waals surface area contributed by atoms with Crippen molar-refractivity contribution >= 4 is 12.0 Å². The first kappa shape index (κ1) is 16.1. The number of urea groups is 1. The van der Waals surface area contributed by atoms with Crippen LogP contribution in [0.4, 0.5) is 4.79 Å². The highest BCUT2D eigenvalue weighted by Gasteiger charge is 2.41. The molecular weight excluding hydrogens is 270 g/mol. The first-order valence-corrected chi connectivity index (χ1v) is 7.73. The largest absolute Gasteiger partial charge is 0.481 e. The molecule has 0 spiro atoms. The highest BCUT2D eigenvalue weighted by molar-refractivity contribution is 5.75. The van der Waals surface area contributed by atoms with E-state index in [0.717, 1.165) is 25.8 Å². The lowest BCUT2D eigenvalue weighted by molar-refractivity contribution is -0.138. The second-order valence-electron chi connectivity index (χ2n) is 6.81. The van der Waals surface area contributed by atoms with E-state index in [-0.39, 0.29) is 23.9 Å². The average Bonchev–Trinajstić information content (AvgIpc) is 2.79. The smallest absolute Gasteiger partial charge is 0.319 e. The number of hydrogen-bond acceptors (Lipinski definition) is 3. The molecule has 120 valence electrons. The number of rotatable bonds is 5. The zero-order valence-corrected chi connectivity index (χ0v) is 13.3. The lowest BCUT2D eigenvalue weighted by Crippen LogP contribution is -2.58. The van der Waals surface area contributed by atoms with Crippen molar-refractivity contribution in [3.05, 3.63) is 0 Å². The Bertz CT molecular complexity index is 407. The Hall–Kier alpha value is -1.30. The molecule has 6 nitrogen and oxygen atoms in total. The lowest BCUT2D eigenvalue weighted by atomic mass is 9.75. The number of carboxylic acids is 1. The van der Waals surface area contributed by atoms with Crippen molar-refractivity contribution in [2.24, 2.45) is 5.92 Å². The highest BCUT2D eigenvalue weighted by atomic mass is 16.4. The predicted molar refractivity (Wildman–Crippen MR) is 80.2 cm³/mol. The van der Waals surface area contributed by atoms with Crippen molar-refractivity contribution in [3.8, 4) is 0 Å².